The quantitative estimate of drug-likeness (QED) is 0.357. The van der Waals surface area contributed by atoms with Crippen molar-refractivity contribution in [2.45, 2.75) is 44.9 Å². The van der Waals surface area contributed by atoms with Crippen molar-refractivity contribution in [2.75, 3.05) is 6.61 Å². The van der Waals surface area contributed by atoms with E-state index in [4.69, 9.17) is 9.73 Å². The maximum absolute atomic E-state index is 15.4. The minimum atomic E-state index is -1.04. The molecule has 4 aliphatic rings. The van der Waals surface area contributed by atoms with Gasteiger partial charge in [-0.2, -0.15) is 0 Å². The normalized spacial score (nSPS) is 20.2. The number of aliphatic imine (C=N–C) groups is 1. The molecule has 0 amide bonds. The molecule has 3 aromatic carbocycles. The van der Waals surface area contributed by atoms with E-state index < -0.39 is 11.9 Å². The van der Waals surface area contributed by atoms with Gasteiger partial charge in [0.15, 0.2) is 0 Å². The molecule has 0 saturated carbocycles. The lowest BCUT2D eigenvalue weighted by atomic mass is 9.68. The van der Waals surface area contributed by atoms with Crippen LogP contribution in [0.5, 0.6) is 0 Å². The van der Waals surface area contributed by atoms with Gasteiger partial charge in [-0.1, -0.05) is 48.6 Å². The number of hydrogen-bond acceptors (Lipinski definition) is 4. The van der Waals surface area contributed by atoms with Crippen molar-refractivity contribution in [1.82, 2.24) is 0 Å². The van der Waals surface area contributed by atoms with Crippen molar-refractivity contribution < 1.29 is 23.8 Å². The Morgan fingerprint density at radius 1 is 1.07 bits per heavy atom. The first kappa shape index (κ1) is 24.7. The molecule has 3 aliphatic carbocycles. The summed E-state index contributed by atoms with van der Waals surface area (Å²) in [6, 6.07) is 9.26. The highest BCUT2D eigenvalue weighted by atomic mass is 19.1. The Bertz CT molecular complexity index is 1760. The van der Waals surface area contributed by atoms with Gasteiger partial charge in [-0.15, -0.1) is 0 Å². The first-order valence-corrected chi connectivity index (χ1v) is 13.9. The number of carbonyl (C=O) groups is 2. The molecule has 0 aromatic heterocycles. The van der Waals surface area contributed by atoms with E-state index in [9.17, 15) is 14.7 Å². The lowest BCUT2D eigenvalue weighted by Crippen LogP contribution is -2.31. The van der Waals surface area contributed by atoms with E-state index in [0.29, 0.717) is 30.5 Å². The van der Waals surface area contributed by atoms with Crippen LogP contribution in [-0.4, -0.2) is 29.4 Å². The number of ether oxygens (including phenoxy) is 1. The van der Waals surface area contributed by atoms with Crippen LogP contribution >= 0.6 is 0 Å². The molecular weight excluding hydrogens is 505 g/mol. The van der Waals surface area contributed by atoms with Gasteiger partial charge < -0.3 is 9.84 Å². The van der Waals surface area contributed by atoms with E-state index in [1.54, 1.807) is 19.1 Å². The van der Waals surface area contributed by atoms with E-state index in [1.807, 2.05) is 36.4 Å². The molecule has 1 aliphatic heterocycles. The summed E-state index contributed by atoms with van der Waals surface area (Å²) >= 11 is 0. The second-order valence-electron chi connectivity index (χ2n) is 10.8. The van der Waals surface area contributed by atoms with Gasteiger partial charge in [0.25, 0.3) is 0 Å². The smallest absolute Gasteiger partial charge is 0.337 e. The van der Waals surface area contributed by atoms with Gasteiger partial charge in [0.1, 0.15) is 5.82 Å². The van der Waals surface area contributed by atoms with Crippen LogP contribution in [0, 0.1) is 11.7 Å². The predicted octanol–water partition coefficient (Wildman–Crippen LogP) is 7.32. The van der Waals surface area contributed by atoms with Crippen LogP contribution in [0.3, 0.4) is 0 Å². The van der Waals surface area contributed by atoms with Crippen molar-refractivity contribution in [3.63, 3.8) is 0 Å². The summed E-state index contributed by atoms with van der Waals surface area (Å²) in [6.45, 7) is 2.08. The molecule has 0 saturated heterocycles. The summed E-state index contributed by atoms with van der Waals surface area (Å²) in [5.74, 6) is -2.37. The number of rotatable bonds is 4. The molecule has 7 rings (SSSR count). The van der Waals surface area contributed by atoms with Gasteiger partial charge in [-0.3, -0.25) is 9.79 Å². The third kappa shape index (κ3) is 3.62. The maximum Gasteiger partial charge on any atom is 0.337 e. The highest BCUT2D eigenvalue weighted by Gasteiger charge is 2.41. The third-order valence-electron chi connectivity index (χ3n) is 8.76. The number of nitrogens with zero attached hydrogens (tertiary/aromatic N) is 1. The highest BCUT2D eigenvalue weighted by molar-refractivity contribution is 6.31. The number of halogens is 1. The Kier molecular flexibility index (Phi) is 5.81. The number of allylic oxidation sites excluding steroid dienone is 5. The standard InChI is InChI=1S/C34H28FNO4/c1-2-40-34(39)25-15-12-20-22(13-11-19-18-7-3-4-8-21(18)28(35)17-27(19)20)30(25)24-14-16-26(33(37)38)32-31(24)23-9-5-6-10-29(23)36-32/h4-6,8-9,11,13-14,16-17,25,30H,2-3,7,10,12,15H2,1H3,(H,37,38). The van der Waals surface area contributed by atoms with Crippen molar-refractivity contribution in [2.24, 2.45) is 10.9 Å². The number of carboxylic acids is 1. The molecule has 6 heteroatoms. The second kappa shape index (κ2) is 9.40. The minimum absolute atomic E-state index is 0.144. The third-order valence-corrected chi connectivity index (χ3v) is 8.76. The molecule has 3 aromatic rings. The van der Waals surface area contributed by atoms with Gasteiger partial charge in [-0.05, 0) is 77.8 Å². The van der Waals surface area contributed by atoms with E-state index in [-0.39, 0.29) is 29.9 Å². The zero-order valence-electron chi connectivity index (χ0n) is 22.2. The molecule has 0 fully saturated rings. The van der Waals surface area contributed by atoms with Gasteiger partial charge >= 0.3 is 11.9 Å². The molecule has 1 heterocycles. The van der Waals surface area contributed by atoms with Crippen molar-refractivity contribution >= 4 is 45.8 Å². The SMILES string of the molecule is CCOC(=O)C1CCc2c(ccc3c4c(c(F)cc23)C=CCC4)C1c1ccc(C(=O)O)c2c1C1=CC=CCC1=N2. The first-order valence-electron chi connectivity index (χ1n) is 13.9. The summed E-state index contributed by atoms with van der Waals surface area (Å²) < 4.78 is 20.9. The Hall–Kier alpha value is -4.32. The van der Waals surface area contributed by atoms with Crippen molar-refractivity contribution in [3.8, 4) is 0 Å². The molecular formula is C34H28FNO4. The highest BCUT2D eigenvalue weighted by Crippen LogP contribution is 2.51. The number of hydrogen-bond donors (Lipinski definition) is 1. The average Bonchev–Trinajstić information content (AvgIpc) is 3.36. The van der Waals surface area contributed by atoms with E-state index >= 15 is 4.39 Å². The van der Waals surface area contributed by atoms with E-state index in [1.165, 1.54) is 0 Å². The number of carboxylic acid groups (broad SMARTS) is 1. The number of benzene rings is 3. The summed E-state index contributed by atoms with van der Waals surface area (Å²) in [5.41, 5.74) is 7.67. The molecule has 0 spiro atoms. The average molecular weight is 534 g/mol. The summed E-state index contributed by atoms with van der Waals surface area (Å²) in [7, 11) is 0. The number of esters is 1. The number of aryl methyl sites for hydroxylation is 2. The Labute approximate surface area is 231 Å². The predicted molar refractivity (Wildman–Crippen MR) is 154 cm³/mol. The first-order chi connectivity index (χ1) is 19.5. The van der Waals surface area contributed by atoms with Crippen molar-refractivity contribution in [1.29, 1.82) is 0 Å². The number of aromatic carboxylic acids is 1. The molecule has 5 nitrogen and oxygen atoms in total. The summed E-state index contributed by atoms with van der Waals surface area (Å²) in [4.78, 5) is 30.4. The van der Waals surface area contributed by atoms with E-state index in [2.05, 4.69) is 12.1 Å². The molecule has 200 valence electrons. The molecule has 0 radical (unpaired) electrons. The number of fused-ring (bicyclic) bond motifs is 8. The monoisotopic (exact) mass is 533 g/mol. The molecule has 40 heavy (non-hydrogen) atoms. The molecule has 2 atom stereocenters. The summed E-state index contributed by atoms with van der Waals surface area (Å²) in [5, 5.41) is 11.9. The van der Waals surface area contributed by atoms with Crippen LogP contribution in [0.25, 0.3) is 22.4 Å². The Balaban J connectivity index is 1.49. The minimum Gasteiger partial charge on any atom is -0.478 e. The van der Waals surface area contributed by atoms with E-state index in [0.717, 1.165) is 62.7 Å². The lowest BCUT2D eigenvalue weighted by molar-refractivity contribution is -0.149. The van der Waals surface area contributed by atoms with Crippen LogP contribution in [0.4, 0.5) is 10.1 Å². The largest absolute Gasteiger partial charge is 0.478 e. The van der Waals surface area contributed by atoms with Gasteiger partial charge in [0.05, 0.1) is 29.5 Å². The van der Waals surface area contributed by atoms with Crippen LogP contribution in [0.15, 0.2) is 59.6 Å². The van der Waals surface area contributed by atoms with Gasteiger partial charge in [-0.25, -0.2) is 9.18 Å². The number of carbonyl (C=O) groups excluding carboxylic acids is 1. The maximum atomic E-state index is 15.4. The molecule has 0 bridgehead atoms. The second-order valence-corrected chi connectivity index (χ2v) is 10.8. The topological polar surface area (TPSA) is 76.0 Å². The fraction of sp³-hybridized carbons (Fsp3) is 0.265. The zero-order valence-corrected chi connectivity index (χ0v) is 22.2. The van der Waals surface area contributed by atoms with Crippen LogP contribution < -0.4 is 0 Å². The fourth-order valence-corrected chi connectivity index (χ4v) is 7.08. The van der Waals surface area contributed by atoms with Crippen LogP contribution in [-0.2, 0) is 22.4 Å². The van der Waals surface area contributed by atoms with Crippen molar-refractivity contribution in [3.05, 3.63) is 99.4 Å². The summed E-state index contributed by atoms with van der Waals surface area (Å²) in [6.07, 6.45) is 13.3. The Morgan fingerprint density at radius 2 is 1.93 bits per heavy atom. The van der Waals surface area contributed by atoms with Gasteiger partial charge in [0.2, 0.25) is 0 Å². The lowest BCUT2D eigenvalue weighted by Gasteiger charge is -2.35. The molecule has 1 N–H and O–H groups in total. The Morgan fingerprint density at radius 3 is 2.75 bits per heavy atom. The fourth-order valence-electron chi connectivity index (χ4n) is 7.08. The zero-order chi connectivity index (χ0) is 27.5. The van der Waals surface area contributed by atoms with Gasteiger partial charge in [0, 0.05) is 29.0 Å². The van der Waals surface area contributed by atoms with Crippen LogP contribution in [0.1, 0.15) is 75.8 Å². The van der Waals surface area contributed by atoms with Crippen LogP contribution in [0.2, 0.25) is 0 Å². The molecule has 2 unspecified atom stereocenters.